The fourth-order valence-electron chi connectivity index (χ4n) is 4.79. The Kier molecular flexibility index (Phi) is 10.2. The molecule has 0 radical (unpaired) electrons. The number of ether oxygens (including phenoxy) is 3. The number of rotatable bonds is 13. The Labute approximate surface area is 270 Å². The number of hydrogen-bond donors (Lipinski definition) is 1. The third-order valence-corrected chi connectivity index (χ3v) is 9.04. The molecule has 1 fully saturated rings. The number of carbonyl (C=O) groups excluding carboxylic acids is 2. The van der Waals surface area contributed by atoms with E-state index < -0.39 is 17.7 Å². The summed E-state index contributed by atoms with van der Waals surface area (Å²) in [6, 6.07) is 19.1. The second kappa shape index (κ2) is 14.4. The van der Waals surface area contributed by atoms with Crippen molar-refractivity contribution in [2.24, 2.45) is 0 Å². The molecular weight excluding hydrogens is 611 g/mol. The molecule has 1 aliphatic rings. The topological polar surface area (TPSA) is 111 Å². The van der Waals surface area contributed by atoms with Crippen LogP contribution < -0.4 is 19.1 Å². The highest BCUT2D eigenvalue weighted by atomic mass is 32.2. The van der Waals surface area contributed by atoms with Crippen LogP contribution in [0, 0.1) is 6.92 Å². The van der Waals surface area contributed by atoms with Gasteiger partial charge in [-0.05, 0) is 68.3 Å². The lowest BCUT2D eigenvalue weighted by Crippen LogP contribution is -2.29. The maximum atomic E-state index is 13.7. The Morgan fingerprint density at radius 3 is 2.40 bits per heavy atom. The zero-order valence-corrected chi connectivity index (χ0v) is 26.8. The molecule has 4 aromatic rings. The van der Waals surface area contributed by atoms with Gasteiger partial charge in [0, 0.05) is 11.3 Å². The molecule has 45 heavy (non-hydrogen) atoms. The van der Waals surface area contributed by atoms with Gasteiger partial charge in [-0.25, -0.2) is 0 Å². The number of aliphatic hydroxyl groups is 1. The number of benzene rings is 3. The second-order valence-electron chi connectivity index (χ2n) is 9.99. The Bertz CT molecular complexity index is 1720. The SMILES string of the molecule is C=CCOc1ccc(C2C(=C(O)c3ccc(OCC)cc3)C(=O)C(=O)N2c2nnc(SCc3ccc(C)cc3)s2)cc1OCC. The molecule has 1 aromatic heterocycles. The number of thioether (sulfide) groups is 1. The van der Waals surface area contributed by atoms with E-state index in [-0.39, 0.29) is 23.1 Å². The van der Waals surface area contributed by atoms with Gasteiger partial charge in [0.1, 0.15) is 18.1 Å². The summed E-state index contributed by atoms with van der Waals surface area (Å²) < 4.78 is 17.8. The minimum atomic E-state index is -1.01. The van der Waals surface area contributed by atoms with Crippen molar-refractivity contribution < 1.29 is 28.9 Å². The van der Waals surface area contributed by atoms with Crippen molar-refractivity contribution in [3.05, 3.63) is 107 Å². The average molecular weight is 644 g/mol. The quantitative estimate of drug-likeness (QED) is 0.0406. The van der Waals surface area contributed by atoms with Crippen molar-refractivity contribution in [3.63, 3.8) is 0 Å². The summed E-state index contributed by atoms with van der Waals surface area (Å²) in [7, 11) is 0. The first kappa shape index (κ1) is 31.8. The van der Waals surface area contributed by atoms with Gasteiger partial charge in [0.2, 0.25) is 5.13 Å². The van der Waals surface area contributed by atoms with E-state index >= 15 is 0 Å². The molecule has 3 aromatic carbocycles. The van der Waals surface area contributed by atoms with Gasteiger partial charge in [-0.2, -0.15) is 0 Å². The number of anilines is 1. The summed E-state index contributed by atoms with van der Waals surface area (Å²) in [5.74, 6) is 0.229. The van der Waals surface area contributed by atoms with E-state index in [2.05, 4.69) is 41.0 Å². The van der Waals surface area contributed by atoms with Crippen LogP contribution in [0.15, 0.2) is 89.3 Å². The Balaban J connectivity index is 1.57. The van der Waals surface area contributed by atoms with Gasteiger partial charge in [-0.15, -0.1) is 10.2 Å². The third-order valence-electron chi connectivity index (χ3n) is 6.91. The predicted molar refractivity (Wildman–Crippen MR) is 176 cm³/mol. The van der Waals surface area contributed by atoms with E-state index in [1.54, 1.807) is 48.5 Å². The standard InChI is InChI=1S/C34H33N3O6S2/c1-5-18-43-26-17-14-24(19-27(26)42-7-3)29-28(30(38)23-12-15-25(16-13-23)41-6-2)31(39)32(40)37(29)33-35-36-34(45-33)44-20-22-10-8-21(4)9-11-22/h5,8-17,19,29,38H,1,6-7,18,20H2,2-4H3. The fourth-order valence-corrected chi connectivity index (χ4v) is 6.62. The number of nitrogens with zero attached hydrogens (tertiary/aromatic N) is 3. The first-order valence-corrected chi connectivity index (χ1v) is 16.2. The first-order chi connectivity index (χ1) is 21.8. The summed E-state index contributed by atoms with van der Waals surface area (Å²) in [5.41, 5.74) is 3.12. The van der Waals surface area contributed by atoms with Crippen LogP contribution in [-0.4, -0.2) is 46.8 Å². The van der Waals surface area contributed by atoms with Gasteiger partial charge < -0.3 is 19.3 Å². The molecule has 0 spiro atoms. The second-order valence-corrected chi connectivity index (χ2v) is 12.2. The van der Waals surface area contributed by atoms with Crippen LogP contribution in [0.3, 0.4) is 0 Å². The fraction of sp³-hybridized carbons (Fsp3) is 0.235. The number of aliphatic hydroxyl groups excluding tert-OH is 1. The van der Waals surface area contributed by atoms with Gasteiger partial charge in [0.25, 0.3) is 5.78 Å². The maximum absolute atomic E-state index is 13.7. The zero-order chi connectivity index (χ0) is 31.9. The monoisotopic (exact) mass is 643 g/mol. The molecule has 2 heterocycles. The molecule has 1 atom stereocenters. The van der Waals surface area contributed by atoms with E-state index in [9.17, 15) is 14.7 Å². The maximum Gasteiger partial charge on any atom is 0.301 e. The van der Waals surface area contributed by atoms with Crippen LogP contribution in [0.25, 0.3) is 5.76 Å². The number of aryl methyl sites for hydroxylation is 1. The summed E-state index contributed by atoms with van der Waals surface area (Å²) in [4.78, 5) is 28.7. The van der Waals surface area contributed by atoms with Crippen molar-refractivity contribution in [1.29, 1.82) is 0 Å². The van der Waals surface area contributed by atoms with Gasteiger partial charge in [-0.1, -0.05) is 71.6 Å². The van der Waals surface area contributed by atoms with Crippen molar-refractivity contribution in [1.82, 2.24) is 10.2 Å². The lowest BCUT2D eigenvalue weighted by atomic mass is 9.95. The molecule has 1 N–H and O–H groups in total. The highest BCUT2D eigenvalue weighted by molar-refractivity contribution is 8.00. The molecular formula is C34H33N3O6S2. The van der Waals surface area contributed by atoms with Crippen LogP contribution in [0.1, 0.15) is 42.1 Å². The molecule has 1 aliphatic heterocycles. The predicted octanol–water partition coefficient (Wildman–Crippen LogP) is 7.13. The Morgan fingerprint density at radius 2 is 1.71 bits per heavy atom. The van der Waals surface area contributed by atoms with Gasteiger partial charge in [0.15, 0.2) is 15.8 Å². The smallest absolute Gasteiger partial charge is 0.301 e. The molecule has 0 bridgehead atoms. The minimum absolute atomic E-state index is 0.0737. The van der Waals surface area contributed by atoms with Gasteiger partial charge >= 0.3 is 5.91 Å². The van der Waals surface area contributed by atoms with Crippen LogP contribution >= 0.6 is 23.1 Å². The van der Waals surface area contributed by atoms with E-state index in [4.69, 9.17) is 14.2 Å². The highest BCUT2D eigenvalue weighted by Crippen LogP contribution is 2.45. The highest BCUT2D eigenvalue weighted by Gasteiger charge is 2.48. The van der Waals surface area contributed by atoms with E-state index in [0.29, 0.717) is 51.7 Å². The summed E-state index contributed by atoms with van der Waals surface area (Å²) in [6.45, 7) is 10.6. The van der Waals surface area contributed by atoms with Crippen molar-refractivity contribution in [3.8, 4) is 17.2 Å². The number of amides is 1. The first-order valence-electron chi connectivity index (χ1n) is 14.4. The largest absolute Gasteiger partial charge is 0.507 e. The van der Waals surface area contributed by atoms with Gasteiger partial charge in [-0.3, -0.25) is 14.5 Å². The number of hydrogen-bond acceptors (Lipinski definition) is 10. The van der Waals surface area contributed by atoms with Gasteiger partial charge in [0.05, 0.1) is 24.8 Å². The van der Waals surface area contributed by atoms with E-state index in [0.717, 1.165) is 5.56 Å². The normalized spacial score (nSPS) is 15.7. The zero-order valence-electron chi connectivity index (χ0n) is 25.2. The number of Topliss-reactive ketones (excluding diaryl/α,β-unsaturated/α-hetero) is 1. The van der Waals surface area contributed by atoms with Crippen LogP contribution in [0.2, 0.25) is 0 Å². The number of aromatic nitrogens is 2. The lowest BCUT2D eigenvalue weighted by molar-refractivity contribution is -0.132. The summed E-state index contributed by atoms with van der Waals surface area (Å²) >= 11 is 2.70. The van der Waals surface area contributed by atoms with Crippen molar-refractivity contribution in [2.75, 3.05) is 24.7 Å². The molecule has 9 nitrogen and oxygen atoms in total. The van der Waals surface area contributed by atoms with Crippen LogP contribution in [-0.2, 0) is 15.3 Å². The molecule has 1 saturated heterocycles. The Morgan fingerprint density at radius 1 is 0.978 bits per heavy atom. The number of ketones is 1. The molecule has 0 aliphatic carbocycles. The minimum Gasteiger partial charge on any atom is -0.507 e. The molecule has 11 heteroatoms. The van der Waals surface area contributed by atoms with Crippen LogP contribution in [0.5, 0.6) is 17.2 Å². The average Bonchev–Trinajstić information content (AvgIpc) is 3.62. The number of carbonyl (C=O) groups is 2. The third kappa shape index (κ3) is 7.05. The molecule has 1 amide bonds. The molecule has 5 rings (SSSR count). The molecule has 1 unspecified atom stereocenters. The summed E-state index contributed by atoms with van der Waals surface area (Å²) in [5, 5.41) is 20.4. The summed E-state index contributed by atoms with van der Waals surface area (Å²) in [6.07, 6.45) is 1.62. The van der Waals surface area contributed by atoms with Crippen molar-refractivity contribution in [2.45, 2.75) is 36.9 Å². The van der Waals surface area contributed by atoms with Crippen LogP contribution in [0.4, 0.5) is 5.13 Å². The molecule has 232 valence electrons. The van der Waals surface area contributed by atoms with E-state index in [1.165, 1.54) is 33.6 Å². The molecule has 0 saturated carbocycles. The Hall–Kier alpha value is -4.61. The lowest BCUT2D eigenvalue weighted by Gasteiger charge is -2.23. The van der Waals surface area contributed by atoms with Crippen molar-refractivity contribution >= 4 is 45.7 Å². The van der Waals surface area contributed by atoms with E-state index in [1.807, 2.05) is 20.8 Å².